The summed E-state index contributed by atoms with van der Waals surface area (Å²) < 4.78 is 3.18. The van der Waals surface area contributed by atoms with Gasteiger partial charge in [-0.3, -0.25) is 19.0 Å². The Morgan fingerprint density at radius 1 is 1.11 bits per heavy atom. The largest absolute Gasteiger partial charge is 0.326 e. The van der Waals surface area contributed by atoms with Crippen molar-refractivity contribution in [2.45, 2.75) is 52.5 Å². The fourth-order valence-corrected chi connectivity index (χ4v) is 5.66. The molecule has 0 unspecified atom stereocenters. The maximum Gasteiger partial charge on any atom is 0.262 e. The number of fused-ring (bicyclic) bond motifs is 3. The van der Waals surface area contributed by atoms with Crippen LogP contribution in [0.5, 0.6) is 0 Å². The summed E-state index contributed by atoms with van der Waals surface area (Å²) in [5.41, 5.74) is 3.26. The molecule has 1 aromatic carbocycles. The fourth-order valence-electron chi connectivity index (χ4n) is 4.44. The first kappa shape index (κ1) is 23.0. The van der Waals surface area contributed by atoms with Gasteiger partial charge in [-0.05, 0) is 62.4 Å². The first-order valence-electron chi connectivity index (χ1n) is 11.6. The lowest BCUT2D eigenvalue weighted by Crippen LogP contribution is -2.24. The monoisotopic (exact) mass is 490 g/mol. The summed E-state index contributed by atoms with van der Waals surface area (Å²) in [6.07, 6.45) is 5.92. The van der Waals surface area contributed by atoms with Crippen molar-refractivity contribution in [2.75, 3.05) is 10.6 Å². The van der Waals surface area contributed by atoms with Crippen LogP contribution in [0.4, 0.5) is 11.5 Å². The van der Waals surface area contributed by atoms with Crippen molar-refractivity contribution in [1.29, 1.82) is 0 Å². The fraction of sp³-hybridized carbons (Fsp3) is 0.320. The zero-order valence-corrected chi connectivity index (χ0v) is 20.4. The molecule has 0 radical (unpaired) electrons. The smallest absolute Gasteiger partial charge is 0.262 e. The third kappa shape index (κ3) is 4.74. The van der Waals surface area contributed by atoms with E-state index in [1.54, 1.807) is 40.5 Å². The molecule has 2 N–H and O–H groups in total. The number of aromatic nitrogens is 4. The molecule has 2 amide bonds. The highest BCUT2D eigenvalue weighted by molar-refractivity contribution is 7.18. The van der Waals surface area contributed by atoms with Crippen LogP contribution in [0.2, 0.25) is 0 Å². The van der Waals surface area contributed by atoms with Gasteiger partial charge in [-0.25, -0.2) is 9.67 Å². The second kappa shape index (κ2) is 9.46. The molecule has 1 aliphatic carbocycles. The van der Waals surface area contributed by atoms with E-state index in [9.17, 15) is 14.4 Å². The normalized spacial score (nSPS) is 13.0. The molecule has 0 saturated heterocycles. The van der Waals surface area contributed by atoms with Crippen LogP contribution in [0.15, 0.2) is 41.5 Å². The Kier molecular flexibility index (Phi) is 6.21. The van der Waals surface area contributed by atoms with Crippen LogP contribution in [0, 0.1) is 6.92 Å². The van der Waals surface area contributed by atoms with Crippen molar-refractivity contribution in [3.63, 3.8) is 0 Å². The van der Waals surface area contributed by atoms with E-state index in [0.717, 1.165) is 52.8 Å². The van der Waals surface area contributed by atoms with Crippen molar-refractivity contribution in [1.82, 2.24) is 19.3 Å². The second-order valence-electron chi connectivity index (χ2n) is 8.74. The minimum atomic E-state index is -0.189. The minimum Gasteiger partial charge on any atom is -0.326 e. The molecule has 3 aromatic heterocycles. The Bertz CT molecular complexity index is 1480. The number of benzene rings is 1. The molecule has 0 aliphatic heterocycles. The van der Waals surface area contributed by atoms with Gasteiger partial charge in [0.25, 0.3) is 5.56 Å². The topological polar surface area (TPSA) is 111 Å². The molecule has 1 aliphatic rings. The molecule has 0 fully saturated rings. The van der Waals surface area contributed by atoms with Crippen LogP contribution in [-0.4, -0.2) is 31.1 Å². The molecule has 0 spiro atoms. The number of carbonyl (C=O) groups is 2. The van der Waals surface area contributed by atoms with Gasteiger partial charge in [0.15, 0.2) is 0 Å². The first-order valence-corrected chi connectivity index (χ1v) is 12.4. The quantitative estimate of drug-likeness (QED) is 0.427. The van der Waals surface area contributed by atoms with E-state index in [4.69, 9.17) is 0 Å². The molecule has 9 nitrogen and oxygen atoms in total. The molecule has 0 saturated carbocycles. The van der Waals surface area contributed by atoms with E-state index in [0.29, 0.717) is 11.5 Å². The van der Waals surface area contributed by atoms with Gasteiger partial charge in [-0.2, -0.15) is 5.10 Å². The summed E-state index contributed by atoms with van der Waals surface area (Å²) in [6.45, 7) is 3.56. The summed E-state index contributed by atoms with van der Waals surface area (Å²) in [5.74, 6) is 0.211. The van der Waals surface area contributed by atoms with Crippen LogP contribution in [0.1, 0.15) is 42.3 Å². The van der Waals surface area contributed by atoms with Crippen LogP contribution in [0.3, 0.4) is 0 Å². The number of nitrogens with zero attached hydrogens (tertiary/aromatic N) is 4. The van der Waals surface area contributed by atoms with Crippen molar-refractivity contribution in [2.24, 2.45) is 0 Å². The van der Waals surface area contributed by atoms with Crippen LogP contribution >= 0.6 is 11.3 Å². The summed E-state index contributed by atoms with van der Waals surface area (Å²) in [7, 11) is 0. The van der Waals surface area contributed by atoms with E-state index < -0.39 is 0 Å². The van der Waals surface area contributed by atoms with Crippen molar-refractivity contribution >= 4 is 44.9 Å². The third-order valence-electron chi connectivity index (χ3n) is 6.05. The summed E-state index contributed by atoms with van der Waals surface area (Å²) in [6, 6.07) is 8.97. The van der Waals surface area contributed by atoms with Crippen LogP contribution < -0.4 is 16.2 Å². The van der Waals surface area contributed by atoms with Crippen LogP contribution in [0.25, 0.3) is 15.9 Å². The molecule has 0 bridgehead atoms. The van der Waals surface area contributed by atoms with Crippen molar-refractivity contribution in [3.05, 3.63) is 63.1 Å². The third-order valence-corrected chi connectivity index (χ3v) is 7.25. The first-order chi connectivity index (χ1) is 16.9. The Balaban J connectivity index is 1.25. The lowest BCUT2D eigenvalue weighted by molar-refractivity contribution is -0.116. The Labute approximate surface area is 205 Å². The molecule has 3 heterocycles. The van der Waals surface area contributed by atoms with Gasteiger partial charge in [0.1, 0.15) is 10.6 Å². The lowest BCUT2D eigenvalue weighted by Gasteiger charge is -2.11. The number of hydrogen-bond donors (Lipinski definition) is 2. The van der Waals surface area contributed by atoms with Gasteiger partial charge < -0.3 is 10.6 Å². The maximum absolute atomic E-state index is 13.1. The highest BCUT2D eigenvalue weighted by Gasteiger charge is 2.20. The lowest BCUT2D eigenvalue weighted by atomic mass is 9.97. The highest BCUT2D eigenvalue weighted by Crippen LogP contribution is 2.33. The molecule has 10 heteroatoms. The molecule has 5 rings (SSSR count). The van der Waals surface area contributed by atoms with Gasteiger partial charge in [0, 0.05) is 36.5 Å². The van der Waals surface area contributed by atoms with E-state index in [1.807, 2.05) is 19.1 Å². The highest BCUT2D eigenvalue weighted by atomic mass is 32.1. The summed E-state index contributed by atoms with van der Waals surface area (Å²) in [4.78, 5) is 43.7. The number of rotatable bonds is 6. The summed E-state index contributed by atoms with van der Waals surface area (Å²) in [5, 5.41) is 10.8. The molecule has 4 aromatic rings. The van der Waals surface area contributed by atoms with Gasteiger partial charge >= 0.3 is 0 Å². The van der Waals surface area contributed by atoms with Gasteiger partial charge in [0.2, 0.25) is 11.8 Å². The number of nitrogens with one attached hydrogen (secondary N) is 2. The average molecular weight is 491 g/mol. The number of thiophene rings is 1. The minimum absolute atomic E-state index is 0.0592. The van der Waals surface area contributed by atoms with E-state index in [1.165, 1.54) is 16.4 Å². The Hall–Kier alpha value is -3.79. The standard InChI is InChI=1S/C25H26N6O3S/c1-15-13-21(27-16(2)32)31(29-15)18-9-7-17(8-10-18)28-22(33)11-12-30-14-26-24-23(25(30)34)19-5-3-4-6-20(19)35-24/h7-10,13-14H,3-6,11-12H2,1-2H3,(H,27,32)(H,28,33). The van der Waals surface area contributed by atoms with Gasteiger partial charge in [-0.15, -0.1) is 11.3 Å². The number of hydrogen-bond acceptors (Lipinski definition) is 6. The number of anilines is 2. The SMILES string of the molecule is CC(=O)Nc1cc(C)nn1-c1ccc(NC(=O)CCn2cnc3sc4c(c3c2=O)CCCC4)cc1. The number of carbonyl (C=O) groups excluding carboxylic acids is 2. The second-order valence-corrected chi connectivity index (χ2v) is 9.83. The van der Waals surface area contributed by atoms with Gasteiger partial charge in [-0.1, -0.05) is 0 Å². The van der Waals surface area contributed by atoms with Gasteiger partial charge in [0.05, 0.1) is 23.1 Å². The van der Waals surface area contributed by atoms with E-state index in [-0.39, 0.29) is 30.3 Å². The van der Waals surface area contributed by atoms with E-state index >= 15 is 0 Å². The van der Waals surface area contributed by atoms with Crippen LogP contribution in [-0.2, 0) is 29.0 Å². The summed E-state index contributed by atoms with van der Waals surface area (Å²) >= 11 is 1.62. The van der Waals surface area contributed by atoms with Crippen molar-refractivity contribution < 1.29 is 9.59 Å². The Morgan fingerprint density at radius 2 is 1.89 bits per heavy atom. The Morgan fingerprint density at radius 3 is 2.66 bits per heavy atom. The molecule has 0 atom stereocenters. The molecule has 180 valence electrons. The number of amides is 2. The number of aryl methyl sites for hydroxylation is 4. The van der Waals surface area contributed by atoms with E-state index in [2.05, 4.69) is 20.7 Å². The predicted molar refractivity (Wildman–Crippen MR) is 136 cm³/mol. The average Bonchev–Trinajstić information content (AvgIpc) is 3.39. The maximum atomic E-state index is 13.1. The zero-order chi connectivity index (χ0) is 24.5. The molecular weight excluding hydrogens is 464 g/mol. The zero-order valence-electron chi connectivity index (χ0n) is 19.6. The molecular formula is C25H26N6O3S. The predicted octanol–water partition coefficient (Wildman–Crippen LogP) is 3.82. The van der Waals surface area contributed by atoms with Crippen molar-refractivity contribution in [3.8, 4) is 5.69 Å². The molecule has 35 heavy (non-hydrogen) atoms.